The van der Waals surface area contributed by atoms with Crippen molar-refractivity contribution >= 4 is 35.2 Å². The van der Waals surface area contributed by atoms with Crippen LogP contribution in [0.5, 0.6) is 0 Å². The number of hydrogen-bond acceptors (Lipinski definition) is 5. The number of aromatic nitrogens is 1. The van der Waals surface area contributed by atoms with E-state index in [-0.39, 0.29) is 5.91 Å². The SMILES string of the molecule is CSc1sc(C)cc1C=NNC(=O)c1ccncc1. The average Bonchev–Trinajstić information content (AvgIpc) is 2.80. The van der Waals surface area contributed by atoms with Crippen molar-refractivity contribution in [2.45, 2.75) is 11.1 Å². The highest BCUT2D eigenvalue weighted by Crippen LogP contribution is 2.28. The van der Waals surface area contributed by atoms with Crippen LogP contribution < -0.4 is 5.43 Å². The van der Waals surface area contributed by atoms with Crippen LogP contribution in [-0.2, 0) is 0 Å². The van der Waals surface area contributed by atoms with Crippen LogP contribution in [0.1, 0.15) is 20.8 Å². The molecular weight excluding hydrogens is 278 g/mol. The van der Waals surface area contributed by atoms with Gasteiger partial charge in [-0.3, -0.25) is 9.78 Å². The van der Waals surface area contributed by atoms with Crippen molar-refractivity contribution in [2.75, 3.05) is 6.26 Å². The van der Waals surface area contributed by atoms with E-state index < -0.39 is 0 Å². The van der Waals surface area contributed by atoms with Crippen LogP contribution in [0.2, 0.25) is 0 Å². The Morgan fingerprint density at radius 1 is 1.47 bits per heavy atom. The van der Waals surface area contributed by atoms with Crippen LogP contribution in [0, 0.1) is 6.92 Å². The molecule has 2 rings (SSSR count). The molecule has 0 fully saturated rings. The number of carbonyl (C=O) groups is 1. The molecule has 6 heteroatoms. The van der Waals surface area contributed by atoms with Gasteiger partial charge in [-0.15, -0.1) is 23.1 Å². The molecule has 4 nitrogen and oxygen atoms in total. The first kappa shape index (κ1) is 13.8. The molecule has 2 aromatic rings. The molecule has 0 radical (unpaired) electrons. The van der Waals surface area contributed by atoms with E-state index in [4.69, 9.17) is 0 Å². The number of aryl methyl sites for hydroxylation is 1. The van der Waals surface area contributed by atoms with Crippen LogP contribution in [0.4, 0.5) is 0 Å². The average molecular weight is 291 g/mol. The van der Waals surface area contributed by atoms with Crippen LogP contribution in [-0.4, -0.2) is 23.4 Å². The minimum Gasteiger partial charge on any atom is -0.267 e. The van der Waals surface area contributed by atoms with Gasteiger partial charge in [0.15, 0.2) is 0 Å². The van der Waals surface area contributed by atoms with Crippen LogP contribution in [0.15, 0.2) is 39.9 Å². The standard InChI is InChI=1S/C13H13N3OS2/c1-9-7-11(13(18-2)19-9)8-15-16-12(17)10-3-5-14-6-4-10/h3-8H,1-2H3,(H,16,17). The van der Waals surface area contributed by atoms with Gasteiger partial charge in [-0.2, -0.15) is 5.10 Å². The van der Waals surface area contributed by atoms with Crippen molar-refractivity contribution < 1.29 is 4.79 Å². The van der Waals surface area contributed by atoms with Crippen LogP contribution in [0.25, 0.3) is 0 Å². The number of thiophene rings is 1. The van der Waals surface area contributed by atoms with E-state index in [2.05, 4.69) is 28.5 Å². The highest BCUT2D eigenvalue weighted by molar-refractivity contribution is 8.00. The number of pyridine rings is 1. The zero-order valence-electron chi connectivity index (χ0n) is 10.6. The number of hydrazone groups is 1. The summed E-state index contributed by atoms with van der Waals surface area (Å²) in [6, 6.07) is 5.35. The molecule has 0 saturated heterocycles. The molecule has 0 spiro atoms. The number of thioether (sulfide) groups is 1. The van der Waals surface area contributed by atoms with Gasteiger partial charge < -0.3 is 0 Å². The van der Waals surface area contributed by atoms with Crippen LogP contribution >= 0.6 is 23.1 Å². The molecule has 0 aliphatic rings. The lowest BCUT2D eigenvalue weighted by atomic mass is 10.3. The Morgan fingerprint density at radius 3 is 2.89 bits per heavy atom. The van der Waals surface area contributed by atoms with Gasteiger partial charge in [-0.25, -0.2) is 5.43 Å². The van der Waals surface area contributed by atoms with E-state index in [1.165, 1.54) is 9.09 Å². The first-order valence-corrected chi connectivity index (χ1v) is 7.62. The molecule has 0 saturated carbocycles. The highest BCUT2D eigenvalue weighted by atomic mass is 32.2. The Kier molecular flexibility index (Phi) is 4.70. The maximum atomic E-state index is 11.7. The number of amides is 1. The van der Waals surface area contributed by atoms with Crippen molar-refractivity contribution in [1.29, 1.82) is 0 Å². The second-order valence-corrected chi connectivity index (χ2v) is 6.07. The van der Waals surface area contributed by atoms with E-state index in [0.717, 1.165) is 5.56 Å². The number of nitrogens with one attached hydrogen (secondary N) is 1. The van der Waals surface area contributed by atoms with Crippen molar-refractivity contribution in [2.24, 2.45) is 5.10 Å². The summed E-state index contributed by atoms with van der Waals surface area (Å²) in [4.78, 5) is 16.8. The molecule has 2 aromatic heterocycles. The summed E-state index contributed by atoms with van der Waals surface area (Å²) in [6.07, 6.45) is 6.85. The predicted octanol–water partition coefficient (Wildman–Crippen LogP) is 2.94. The van der Waals surface area contributed by atoms with Gasteiger partial charge in [0.2, 0.25) is 0 Å². The summed E-state index contributed by atoms with van der Waals surface area (Å²) in [7, 11) is 0. The summed E-state index contributed by atoms with van der Waals surface area (Å²) in [6.45, 7) is 2.05. The molecule has 0 aliphatic heterocycles. The number of hydrogen-bond donors (Lipinski definition) is 1. The molecule has 19 heavy (non-hydrogen) atoms. The molecule has 1 amide bonds. The van der Waals surface area contributed by atoms with Crippen molar-refractivity contribution in [1.82, 2.24) is 10.4 Å². The molecule has 0 atom stereocenters. The summed E-state index contributed by atoms with van der Waals surface area (Å²) in [5.74, 6) is -0.240. The van der Waals surface area contributed by atoms with Gasteiger partial charge in [0.25, 0.3) is 5.91 Å². The Hall–Kier alpha value is -1.66. The minimum absolute atomic E-state index is 0.240. The first-order valence-electron chi connectivity index (χ1n) is 5.58. The maximum Gasteiger partial charge on any atom is 0.271 e. The van der Waals surface area contributed by atoms with Gasteiger partial charge in [0.05, 0.1) is 10.4 Å². The Balaban J connectivity index is 2.02. The quantitative estimate of drug-likeness (QED) is 0.535. The Morgan fingerprint density at radius 2 is 2.21 bits per heavy atom. The fourth-order valence-corrected chi connectivity index (χ4v) is 3.27. The monoisotopic (exact) mass is 291 g/mol. The van der Waals surface area contributed by atoms with Gasteiger partial charge in [0.1, 0.15) is 0 Å². The van der Waals surface area contributed by atoms with E-state index in [1.54, 1.807) is 53.8 Å². The fourth-order valence-electron chi connectivity index (χ4n) is 1.49. The molecular formula is C13H13N3OS2. The second-order valence-electron chi connectivity index (χ2n) is 3.74. The van der Waals surface area contributed by atoms with Gasteiger partial charge in [0, 0.05) is 28.4 Å². The topological polar surface area (TPSA) is 54.4 Å². The lowest BCUT2D eigenvalue weighted by Gasteiger charge is -1.98. The van der Waals surface area contributed by atoms with Gasteiger partial charge >= 0.3 is 0 Å². The van der Waals surface area contributed by atoms with Crippen molar-refractivity contribution in [3.8, 4) is 0 Å². The second kappa shape index (κ2) is 6.49. The molecule has 1 N–H and O–H groups in total. The summed E-state index contributed by atoms with van der Waals surface area (Å²) in [5.41, 5.74) is 4.08. The molecule has 0 aliphatic carbocycles. The smallest absolute Gasteiger partial charge is 0.267 e. The van der Waals surface area contributed by atoms with Gasteiger partial charge in [-0.1, -0.05) is 0 Å². The predicted molar refractivity (Wildman–Crippen MR) is 80.1 cm³/mol. The third kappa shape index (κ3) is 3.65. The number of rotatable bonds is 4. The molecule has 0 bridgehead atoms. The molecule has 2 heterocycles. The fraction of sp³-hybridized carbons (Fsp3) is 0.154. The maximum absolute atomic E-state index is 11.7. The van der Waals surface area contributed by atoms with E-state index in [0.29, 0.717) is 5.56 Å². The van der Waals surface area contributed by atoms with E-state index in [1.807, 2.05) is 6.26 Å². The van der Waals surface area contributed by atoms with E-state index >= 15 is 0 Å². The van der Waals surface area contributed by atoms with Crippen molar-refractivity contribution in [3.63, 3.8) is 0 Å². The summed E-state index contributed by atoms with van der Waals surface area (Å²) >= 11 is 3.40. The minimum atomic E-state index is -0.240. The zero-order chi connectivity index (χ0) is 13.7. The zero-order valence-corrected chi connectivity index (χ0v) is 12.2. The van der Waals surface area contributed by atoms with Crippen LogP contribution in [0.3, 0.4) is 0 Å². The number of carbonyl (C=O) groups excluding carboxylic acids is 1. The Bertz CT molecular complexity index is 593. The molecule has 0 unspecified atom stereocenters. The number of nitrogens with zero attached hydrogens (tertiary/aromatic N) is 2. The van der Waals surface area contributed by atoms with Crippen molar-refractivity contribution in [3.05, 3.63) is 46.6 Å². The molecule has 98 valence electrons. The lowest BCUT2D eigenvalue weighted by molar-refractivity contribution is 0.0955. The summed E-state index contributed by atoms with van der Waals surface area (Å²) < 4.78 is 1.19. The Labute approximate surface area is 120 Å². The van der Waals surface area contributed by atoms with Gasteiger partial charge in [-0.05, 0) is 31.4 Å². The lowest BCUT2D eigenvalue weighted by Crippen LogP contribution is -2.17. The summed E-state index contributed by atoms with van der Waals surface area (Å²) in [5, 5.41) is 3.99. The highest BCUT2D eigenvalue weighted by Gasteiger charge is 2.05. The van der Waals surface area contributed by atoms with E-state index in [9.17, 15) is 4.79 Å². The normalized spacial score (nSPS) is 10.8. The third-order valence-corrected chi connectivity index (χ3v) is 4.56. The first-order chi connectivity index (χ1) is 9.20. The third-order valence-electron chi connectivity index (χ3n) is 2.35. The molecule has 0 aromatic carbocycles. The largest absolute Gasteiger partial charge is 0.271 e.